The molecule has 5 nitrogen and oxygen atoms in total. The number of rotatable bonds is 8. The summed E-state index contributed by atoms with van der Waals surface area (Å²) >= 11 is 0. The first kappa shape index (κ1) is 15.5. The van der Waals surface area contributed by atoms with Crippen molar-refractivity contribution in [2.45, 2.75) is 33.1 Å². The SMILES string of the molecule is CCCc1[nH]c(C)nc1-c1cc(OCCCOC)ccn1. The van der Waals surface area contributed by atoms with Crippen LogP contribution in [0.25, 0.3) is 11.4 Å². The molecule has 0 radical (unpaired) electrons. The maximum absolute atomic E-state index is 5.72. The summed E-state index contributed by atoms with van der Waals surface area (Å²) in [5.41, 5.74) is 2.92. The summed E-state index contributed by atoms with van der Waals surface area (Å²) in [6, 6.07) is 3.82. The van der Waals surface area contributed by atoms with E-state index in [0.29, 0.717) is 13.2 Å². The number of H-pyrrole nitrogens is 1. The van der Waals surface area contributed by atoms with Gasteiger partial charge in [-0.1, -0.05) is 13.3 Å². The van der Waals surface area contributed by atoms with Crippen molar-refractivity contribution in [1.82, 2.24) is 15.0 Å². The minimum absolute atomic E-state index is 0.638. The number of hydrogen-bond acceptors (Lipinski definition) is 4. The van der Waals surface area contributed by atoms with Gasteiger partial charge in [0, 0.05) is 38.1 Å². The van der Waals surface area contributed by atoms with Crippen LogP contribution >= 0.6 is 0 Å². The Morgan fingerprint density at radius 2 is 2.14 bits per heavy atom. The maximum Gasteiger partial charge on any atom is 0.123 e. The van der Waals surface area contributed by atoms with E-state index < -0.39 is 0 Å². The zero-order valence-corrected chi connectivity index (χ0v) is 13.0. The van der Waals surface area contributed by atoms with Crippen molar-refractivity contribution in [1.29, 1.82) is 0 Å². The standard InChI is InChI=1S/C16H23N3O2/c1-4-6-14-16(19-12(2)18-14)15-11-13(7-8-17-15)21-10-5-9-20-3/h7-8,11H,4-6,9-10H2,1-3H3,(H,18,19). The lowest BCUT2D eigenvalue weighted by Crippen LogP contribution is -2.01. The minimum atomic E-state index is 0.638. The first-order valence-corrected chi connectivity index (χ1v) is 7.38. The predicted octanol–water partition coefficient (Wildman–Crippen LogP) is 3.15. The van der Waals surface area contributed by atoms with E-state index in [2.05, 4.69) is 21.9 Å². The second kappa shape index (κ2) is 7.78. The van der Waals surface area contributed by atoms with Gasteiger partial charge in [-0.25, -0.2) is 4.98 Å². The van der Waals surface area contributed by atoms with Crippen molar-refractivity contribution in [3.8, 4) is 17.1 Å². The minimum Gasteiger partial charge on any atom is -0.493 e. The molecule has 2 aromatic rings. The Hall–Kier alpha value is -1.88. The normalized spacial score (nSPS) is 10.8. The smallest absolute Gasteiger partial charge is 0.123 e. The largest absolute Gasteiger partial charge is 0.493 e. The molecule has 114 valence electrons. The summed E-state index contributed by atoms with van der Waals surface area (Å²) in [6.45, 7) is 5.46. The first-order chi connectivity index (χ1) is 10.2. The number of nitrogens with zero attached hydrogens (tertiary/aromatic N) is 2. The lowest BCUT2D eigenvalue weighted by molar-refractivity contribution is 0.172. The highest BCUT2D eigenvalue weighted by molar-refractivity contribution is 5.59. The van der Waals surface area contributed by atoms with Gasteiger partial charge in [-0.15, -0.1) is 0 Å². The number of aromatic amines is 1. The van der Waals surface area contributed by atoms with Crippen molar-refractivity contribution in [2.24, 2.45) is 0 Å². The quantitative estimate of drug-likeness (QED) is 0.758. The van der Waals surface area contributed by atoms with Crippen LogP contribution in [0.15, 0.2) is 18.3 Å². The van der Waals surface area contributed by atoms with E-state index in [9.17, 15) is 0 Å². The molecule has 2 heterocycles. The molecule has 0 aromatic carbocycles. The Labute approximate surface area is 125 Å². The highest BCUT2D eigenvalue weighted by Gasteiger charge is 2.11. The molecule has 0 saturated heterocycles. The van der Waals surface area contributed by atoms with Crippen molar-refractivity contribution in [3.63, 3.8) is 0 Å². The first-order valence-electron chi connectivity index (χ1n) is 7.38. The lowest BCUT2D eigenvalue weighted by Gasteiger charge is -2.07. The summed E-state index contributed by atoms with van der Waals surface area (Å²) in [6.07, 6.45) is 4.68. The third kappa shape index (κ3) is 4.29. The molecule has 0 atom stereocenters. The zero-order valence-electron chi connectivity index (χ0n) is 13.0. The fourth-order valence-electron chi connectivity index (χ4n) is 2.21. The van der Waals surface area contributed by atoms with Crippen LogP contribution in [0, 0.1) is 6.92 Å². The summed E-state index contributed by atoms with van der Waals surface area (Å²) in [7, 11) is 1.69. The van der Waals surface area contributed by atoms with Gasteiger partial charge in [0.25, 0.3) is 0 Å². The Morgan fingerprint density at radius 1 is 1.29 bits per heavy atom. The van der Waals surface area contributed by atoms with Crippen LogP contribution < -0.4 is 4.74 Å². The number of imidazole rings is 1. The highest BCUT2D eigenvalue weighted by atomic mass is 16.5. The van der Waals surface area contributed by atoms with E-state index in [-0.39, 0.29) is 0 Å². The third-order valence-electron chi connectivity index (χ3n) is 3.13. The molecule has 0 spiro atoms. The summed E-state index contributed by atoms with van der Waals surface area (Å²) in [5.74, 6) is 1.74. The van der Waals surface area contributed by atoms with Gasteiger partial charge in [0.15, 0.2) is 0 Å². The molecule has 21 heavy (non-hydrogen) atoms. The van der Waals surface area contributed by atoms with Crippen LogP contribution in [0.5, 0.6) is 5.75 Å². The van der Waals surface area contributed by atoms with E-state index in [1.54, 1.807) is 13.3 Å². The third-order valence-corrected chi connectivity index (χ3v) is 3.13. The van der Waals surface area contributed by atoms with Crippen LogP contribution in [0.2, 0.25) is 0 Å². The van der Waals surface area contributed by atoms with Gasteiger partial charge in [0.2, 0.25) is 0 Å². The van der Waals surface area contributed by atoms with E-state index in [1.807, 2.05) is 19.1 Å². The van der Waals surface area contributed by atoms with Crippen molar-refractivity contribution in [3.05, 3.63) is 29.8 Å². The summed E-state index contributed by atoms with van der Waals surface area (Å²) in [4.78, 5) is 12.3. The second-order valence-electron chi connectivity index (χ2n) is 4.97. The molecule has 5 heteroatoms. The lowest BCUT2D eigenvalue weighted by atomic mass is 10.1. The average molecular weight is 289 g/mol. The molecule has 0 aliphatic carbocycles. The zero-order chi connectivity index (χ0) is 15.1. The number of hydrogen-bond donors (Lipinski definition) is 1. The molecular formula is C16H23N3O2. The van der Waals surface area contributed by atoms with Gasteiger partial charge in [-0.2, -0.15) is 0 Å². The molecule has 0 amide bonds. The average Bonchev–Trinajstić information content (AvgIpc) is 2.85. The number of aromatic nitrogens is 3. The van der Waals surface area contributed by atoms with Gasteiger partial charge < -0.3 is 14.5 Å². The van der Waals surface area contributed by atoms with Crippen LogP contribution in [-0.4, -0.2) is 35.3 Å². The van der Waals surface area contributed by atoms with E-state index in [4.69, 9.17) is 9.47 Å². The van der Waals surface area contributed by atoms with Gasteiger partial charge in [0.05, 0.1) is 12.3 Å². The molecule has 1 N–H and O–H groups in total. The van der Waals surface area contributed by atoms with Crippen molar-refractivity contribution < 1.29 is 9.47 Å². The fraction of sp³-hybridized carbons (Fsp3) is 0.500. The molecule has 0 aliphatic rings. The monoisotopic (exact) mass is 289 g/mol. The Morgan fingerprint density at radius 3 is 2.90 bits per heavy atom. The van der Waals surface area contributed by atoms with E-state index in [1.165, 1.54) is 0 Å². The van der Waals surface area contributed by atoms with Crippen LogP contribution in [-0.2, 0) is 11.2 Å². The number of pyridine rings is 1. The number of aryl methyl sites for hydroxylation is 2. The van der Waals surface area contributed by atoms with E-state index >= 15 is 0 Å². The van der Waals surface area contributed by atoms with Gasteiger partial charge in [0.1, 0.15) is 17.3 Å². The number of nitrogens with one attached hydrogen (secondary N) is 1. The topological polar surface area (TPSA) is 60.0 Å². The highest BCUT2D eigenvalue weighted by Crippen LogP contribution is 2.24. The predicted molar refractivity (Wildman–Crippen MR) is 82.5 cm³/mol. The summed E-state index contributed by atoms with van der Waals surface area (Å²) in [5, 5.41) is 0. The van der Waals surface area contributed by atoms with Crippen LogP contribution in [0.3, 0.4) is 0 Å². The Balaban J connectivity index is 2.13. The maximum atomic E-state index is 5.72. The Bertz CT molecular complexity index is 566. The van der Waals surface area contributed by atoms with Crippen molar-refractivity contribution in [2.75, 3.05) is 20.3 Å². The van der Waals surface area contributed by atoms with Crippen LogP contribution in [0.1, 0.15) is 31.3 Å². The molecule has 0 bridgehead atoms. The number of methoxy groups -OCH3 is 1. The van der Waals surface area contributed by atoms with E-state index in [0.717, 1.165) is 47.9 Å². The molecule has 2 aromatic heterocycles. The number of ether oxygens (including phenoxy) is 2. The van der Waals surface area contributed by atoms with Gasteiger partial charge in [-0.05, 0) is 19.4 Å². The van der Waals surface area contributed by atoms with Gasteiger partial charge >= 0.3 is 0 Å². The molecule has 0 fully saturated rings. The molecule has 0 unspecified atom stereocenters. The molecular weight excluding hydrogens is 266 g/mol. The summed E-state index contributed by atoms with van der Waals surface area (Å²) < 4.78 is 10.7. The van der Waals surface area contributed by atoms with Crippen molar-refractivity contribution >= 4 is 0 Å². The molecule has 0 saturated carbocycles. The molecule has 2 rings (SSSR count). The second-order valence-corrected chi connectivity index (χ2v) is 4.97. The van der Waals surface area contributed by atoms with Crippen LogP contribution in [0.4, 0.5) is 0 Å². The molecule has 0 aliphatic heterocycles. The fourth-order valence-corrected chi connectivity index (χ4v) is 2.21. The Kier molecular flexibility index (Phi) is 5.75. The van der Waals surface area contributed by atoms with Gasteiger partial charge in [-0.3, -0.25) is 4.98 Å².